The summed E-state index contributed by atoms with van der Waals surface area (Å²) in [5.74, 6) is -0.498. The lowest BCUT2D eigenvalue weighted by Crippen LogP contribution is -2.30. The average Bonchev–Trinajstić information content (AvgIpc) is 2.33. The molecule has 0 fully saturated rings. The maximum Gasteiger partial charge on any atom is 0.312 e. The number of benzene rings is 1. The molecule has 0 aliphatic carbocycles. The molecule has 21 heavy (non-hydrogen) atoms. The van der Waals surface area contributed by atoms with E-state index in [0.717, 1.165) is 0 Å². The summed E-state index contributed by atoms with van der Waals surface area (Å²) in [5.41, 5.74) is -0.178. The molecule has 0 aliphatic rings. The summed E-state index contributed by atoms with van der Waals surface area (Å²) in [4.78, 5) is 10.4. The number of nitro benzene ring substituents is 1. The van der Waals surface area contributed by atoms with Crippen molar-refractivity contribution in [2.45, 2.75) is 13.8 Å². The van der Waals surface area contributed by atoms with Gasteiger partial charge in [-0.05, 0) is 27.9 Å². The summed E-state index contributed by atoms with van der Waals surface area (Å²) in [6.07, 6.45) is 0. The Bertz CT molecular complexity index is 618. The maximum atomic E-state index is 11.2. The molecule has 118 valence electrons. The molecule has 0 radical (unpaired) electrons. The minimum absolute atomic E-state index is 0.00451. The fraction of sp³-hybridized carbons (Fsp3) is 0.500. The minimum Gasteiger partial charge on any atom is -0.486 e. The topological polar surface area (TPSA) is 113 Å². The number of hydrogen-bond acceptors (Lipinski definition) is 5. The first kappa shape index (κ1) is 17.9. The van der Waals surface area contributed by atoms with E-state index in [-0.39, 0.29) is 35.6 Å². The number of sulfonamides is 1. The van der Waals surface area contributed by atoms with Crippen LogP contribution in [0.1, 0.15) is 13.8 Å². The molecular weight excluding hydrogens is 364 g/mol. The lowest BCUT2D eigenvalue weighted by molar-refractivity contribution is -0.386. The first-order valence-corrected chi connectivity index (χ1v) is 8.69. The molecule has 1 aromatic rings. The monoisotopic (exact) mass is 380 g/mol. The van der Waals surface area contributed by atoms with E-state index in [2.05, 4.69) is 15.9 Å². The van der Waals surface area contributed by atoms with Crippen LogP contribution in [0.4, 0.5) is 5.69 Å². The van der Waals surface area contributed by atoms with Crippen LogP contribution in [-0.2, 0) is 10.0 Å². The molecule has 0 heterocycles. The van der Waals surface area contributed by atoms with Gasteiger partial charge in [-0.25, -0.2) is 13.6 Å². The van der Waals surface area contributed by atoms with Crippen molar-refractivity contribution in [3.8, 4) is 5.75 Å². The summed E-state index contributed by atoms with van der Waals surface area (Å²) in [6.45, 7) is 3.71. The van der Waals surface area contributed by atoms with Gasteiger partial charge < -0.3 is 4.74 Å². The zero-order valence-electron chi connectivity index (χ0n) is 11.7. The van der Waals surface area contributed by atoms with Gasteiger partial charge in [0, 0.05) is 12.0 Å². The SMILES string of the molecule is CC(C)C(COc1c(Br)cccc1[N+](=O)[O-])CS(N)(=O)=O. The summed E-state index contributed by atoms with van der Waals surface area (Å²) in [7, 11) is -3.63. The Morgan fingerprint density at radius 3 is 2.52 bits per heavy atom. The predicted octanol–water partition coefficient (Wildman–Crippen LogP) is 2.30. The third kappa shape index (κ3) is 5.60. The molecule has 0 saturated carbocycles. The van der Waals surface area contributed by atoms with Crippen LogP contribution in [0.25, 0.3) is 0 Å². The highest BCUT2D eigenvalue weighted by atomic mass is 79.9. The Labute approximate surface area is 131 Å². The Kier molecular flexibility index (Phi) is 6.11. The third-order valence-electron chi connectivity index (χ3n) is 2.97. The number of ether oxygens (including phenoxy) is 1. The van der Waals surface area contributed by atoms with Crippen LogP contribution in [0.5, 0.6) is 5.75 Å². The Morgan fingerprint density at radius 2 is 2.05 bits per heavy atom. The fourth-order valence-corrected chi connectivity index (χ4v) is 3.25. The molecule has 0 saturated heterocycles. The molecule has 2 N–H and O–H groups in total. The van der Waals surface area contributed by atoms with Crippen molar-refractivity contribution in [1.29, 1.82) is 0 Å². The zero-order valence-corrected chi connectivity index (χ0v) is 14.1. The van der Waals surface area contributed by atoms with Crippen LogP contribution in [-0.4, -0.2) is 25.7 Å². The number of primary sulfonamides is 1. The smallest absolute Gasteiger partial charge is 0.312 e. The van der Waals surface area contributed by atoms with Crippen molar-refractivity contribution in [2.24, 2.45) is 17.0 Å². The molecule has 0 aliphatic heterocycles. The highest BCUT2D eigenvalue weighted by Gasteiger charge is 2.23. The van der Waals surface area contributed by atoms with Crippen molar-refractivity contribution >= 4 is 31.6 Å². The fourth-order valence-electron chi connectivity index (χ4n) is 1.71. The van der Waals surface area contributed by atoms with Gasteiger partial charge in [0.1, 0.15) is 0 Å². The Hall–Kier alpha value is -1.19. The summed E-state index contributed by atoms with van der Waals surface area (Å²) in [6, 6.07) is 4.47. The maximum absolute atomic E-state index is 11.2. The first-order valence-electron chi connectivity index (χ1n) is 6.18. The highest BCUT2D eigenvalue weighted by molar-refractivity contribution is 9.10. The normalized spacial score (nSPS) is 13.2. The first-order chi connectivity index (χ1) is 9.61. The number of hydrogen-bond donors (Lipinski definition) is 1. The van der Waals surface area contributed by atoms with E-state index in [1.54, 1.807) is 6.07 Å². The summed E-state index contributed by atoms with van der Waals surface area (Å²) in [5, 5.41) is 16.0. The standard InChI is InChI=1S/C12H17BrN2O5S/c1-8(2)9(7-21(14,18)19)6-20-12-10(13)4-3-5-11(12)15(16)17/h3-5,8-9H,6-7H2,1-2H3,(H2,14,18,19). The average molecular weight is 381 g/mol. The number of rotatable bonds is 7. The quantitative estimate of drug-likeness (QED) is 0.575. The zero-order chi connectivity index (χ0) is 16.2. The van der Waals surface area contributed by atoms with Gasteiger partial charge in [-0.2, -0.15) is 0 Å². The van der Waals surface area contributed by atoms with Crippen LogP contribution in [0.2, 0.25) is 0 Å². The van der Waals surface area contributed by atoms with Gasteiger partial charge in [0.25, 0.3) is 0 Å². The second kappa shape index (κ2) is 7.19. The number of nitrogens with two attached hydrogens (primary N) is 1. The molecular formula is C12H17BrN2O5S. The van der Waals surface area contributed by atoms with E-state index in [1.807, 2.05) is 13.8 Å². The van der Waals surface area contributed by atoms with Crippen LogP contribution >= 0.6 is 15.9 Å². The Morgan fingerprint density at radius 1 is 1.43 bits per heavy atom. The molecule has 0 amide bonds. The van der Waals surface area contributed by atoms with E-state index in [0.29, 0.717) is 4.47 Å². The third-order valence-corrected chi connectivity index (χ3v) is 4.49. The van der Waals surface area contributed by atoms with Crippen LogP contribution in [0, 0.1) is 22.0 Å². The van der Waals surface area contributed by atoms with Crippen molar-refractivity contribution in [1.82, 2.24) is 0 Å². The van der Waals surface area contributed by atoms with E-state index in [1.165, 1.54) is 12.1 Å². The number of nitrogens with zero attached hydrogens (tertiary/aromatic N) is 1. The van der Waals surface area contributed by atoms with E-state index in [4.69, 9.17) is 9.88 Å². The molecule has 1 atom stereocenters. The van der Waals surface area contributed by atoms with E-state index in [9.17, 15) is 18.5 Å². The lowest BCUT2D eigenvalue weighted by Gasteiger charge is -2.20. The molecule has 7 nitrogen and oxygen atoms in total. The molecule has 1 unspecified atom stereocenters. The van der Waals surface area contributed by atoms with Crippen LogP contribution < -0.4 is 9.88 Å². The molecule has 0 spiro atoms. The van der Waals surface area contributed by atoms with Gasteiger partial charge >= 0.3 is 5.69 Å². The van der Waals surface area contributed by atoms with Gasteiger partial charge in [0.15, 0.2) is 0 Å². The van der Waals surface area contributed by atoms with Crippen LogP contribution in [0.15, 0.2) is 22.7 Å². The van der Waals surface area contributed by atoms with Crippen molar-refractivity contribution < 1.29 is 18.1 Å². The molecule has 1 aromatic carbocycles. The van der Waals surface area contributed by atoms with Crippen LogP contribution in [0.3, 0.4) is 0 Å². The summed E-state index contributed by atoms with van der Waals surface area (Å²) < 4.78 is 28.3. The lowest BCUT2D eigenvalue weighted by atomic mass is 9.99. The second-order valence-corrected chi connectivity index (χ2v) is 7.50. The molecule has 9 heteroatoms. The number of para-hydroxylation sites is 1. The Balaban J connectivity index is 2.93. The second-order valence-electron chi connectivity index (χ2n) is 4.99. The van der Waals surface area contributed by atoms with Gasteiger partial charge in [0.2, 0.25) is 15.8 Å². The van der Waals surface area contributed by atoms with E-state index >= 15 is 0 Å². The van der Waals surface area contributed by atoms with Gasteiger partial charge in [-0.3, -0.25) is 10.1 Å². The predicted molar refractivity (Wildman–Crippen MR) is 82.6 cm³/mol. The highest BCUT2D eigenvalue weighted by Crippen LogP contribution is 2.35. The van der Waals surface area contributed by atoms with E-state index < -0.39 is 14.9 Å². The van der Waals surface area contributed by atoms with Gasteiger partial charge in [-0.1, -0.05) is 19.9 Å². The van der Waals surface area contributed by atoms with Crippen molar-refractivity contribution in [3.63, 3.8) is 0 Å². The molecule has 0 aromatic heterocycles. The molecule has 1 rings (SSSR count). The van der Waals surface area contributed by atoms with Crippen molar-refractivity contribution in [3.05, 3.63) is 32.8 Å². The van der Waals surface area contributed by atoms with Gasteiger partial charge in [0.05, 0.1) is 21.8 Å². The molecule has 0 bridgehead atoms. The summed E-state index contributed by atoms with van der Waals surface area (Å²) >= 11 is 3.19. The number of halogens is 1. The van der Waals surface area contributed by atoms with Crippen molar-refractivity contribution in [2.75, 3.05) is 12.4 Å². The minimum atomic E-state index is -3.63. The van der Waals surface area contributed by atoms with Gasteiger partial charge in [-0.15, -0.1) is 0 Å². The number of nitro groups is 1. The largest absolute Gasteiger partial charge is 0.486 e.